The number of thiophene rings is 1. The number of benzene rings is 1. The fraction of sp³-hybridized carbons (Fsp3) is 0.304. The van der Waals surface area contributed by atoms with E-state index in [1.165, 1.54) is 0 Å². The van der Waals surface area contributed by atoms with Gasteiger partial charge in [-0.3, -0.25) is 4.79 Å². The summed E-state index contributed by atoms with van der Waals surface area (Å²) in [5, 5.41) is 3.33. The van der Waals surface area contributed by atoms with Gasteiger partial charge in [-0.15, -0.1) is 11.3 Å². The lowest BCUT2D eigenvalue weighted by Gasteiger charge is -2.33. The Labute approximate surface area is 168 Å². The molecule has 4 rings (SSSR count). The maximum absolute atomic E-state index is 13.1. The van der Waals surface area contributed by atoms with Crippen LogP contribution >= 0.6 is 11.3 Å². The van der Waals surface area contributed by atoms with Crippen molar-refractivity contribution in [1.29, 1.82) is 0 Å². The number of carbonyl (C=O) groups is 2. The highest BCUT2D eigenvalue weighted by Gasteiger charge is 2.39. The largest absolute Gasteiger partial charge is 0.457 e. The summed E-state index contributed by atoms with van der Waals surface area (Å²) in [7, 11) is 0. The monoisotopic (exact) mass is 393 g/mol. The quantitative estimate of drug-likeness (QED) is 0.761. The third kappa shape index (κ3) is 3.54. The van der Waals surface area contributed by atoms with E-state index in [4.69, 9.17) is 4.74 Å². The van der Waals surface area contributed by atoms with Crippen molar-refractivity contribution in [3.05, 3.63) is 80.3 Å². The summed E-state index contributed by atoms with van der Waals surface area (Å²) in [5.41, 5.74) is 3.97. The Morgan fingerprint density at radius 1 is 1.14 bits per heavy atom. The Morgan fingerprint density at radius 2 is 1.93 bits per heavy atom. The van der Waals surface area contributed by atoms with Gasteiger partial charge in [0.25, 0.3) is 0 Å². The molecule has 5 heteroatoms. The molecule has 0 unspecified atom stereocenters. The van der Waals surface area contributed by atoms with Crippen molar-refractivity contribution in [3.63, 3.8) is 0 Å². The molecule has 1 aliphatic carbocycles. The highest BCUT2D eigenvalue weighted by Crippen LogP contribution is 2.44. The zero-order valence-electron chi connectivity index (χ0n) is 16.1. The van der Waals surface area contributed by atoms with Gasteiger partial charge in [0.1, 0.15) is 6.61 Å². The lowest BCUT2D eigenvalue weighted by molar-refractivity contribution is -0.140. The van der Waals surface area contributed by atoms with E-state index >= 15 is 0 Å². The Balaban J connectivity index is 1.69. The van der Waals surface area contributed by atoms with Crippen molar-refractivity contribution in [2.45, 2.75) is 45.6 Å². The van der Waals surface area contributed by atoms with E-state index in [2.05, 4.69) is 5.32 Å². The summed E-state index contributed by atoms with van der Waals surface area (Å²) in [6.45, 7) is 4.15. The molecule has 4 nitrogen and oxygen atoms in total. The third-order valence-electron chi connectivity index (χ3n) is 5.25. The number of aryl methyl sites for hydroxylation is 1. The minimum Gasteiger partial charge on any atom is -0.457 e. The number of ketones is 1. The van der Waals surface area contributed by atoms with Crippen molar-refractivity contribution in [1.82, 2.24) is 5.32 Å². The second-order valence-corrected chi connectivity index (χ2v) is 8.60. The molecule has 1 atom stereocenters. The van der Waals surface area contributed by atoms with Crippen LogP contribution in [0.15, 0.2) is 65.0 Å². The van der Waals surface area contributed by atoms with E-state index in [0.717, 1.165) is 45.1 Å². The van der Waals surface area contributed by atoms with Crippen molar-refractivity contribution in [2.24, 2.45) is 0 Å². The van der Waals surface area contributed by atoms with Crippen molar-refractivity contribution in [3.8, 4) is 0 Å². The minimum atomic E-state index is -0.366. The second-order valence-electron chi connectivity index (χ2n) is 7.28. The molecule has 144 valence electrons. The maximum Gasteiger partial charge on any atom is 0.337 e. The lowest BCUT2D eigenvalue weighted by Crippen LogP contribution is -2.34. The van der Waals surface area contributed by atoms with Crippen molar-refractivity contribution < 1.29 is 14.3 Å². The first-order chi connectivity index (χ1) is 13.5. The highest BCUT2D eigenvalue weighted by atomic mass is 32.1. The number of hydrogen-bond donors (Lipinski definition) is 1. The molecule has 0 amide bonds. The Kier molecular flexibility index (Phi) is 5.18. The number of hydrogen-bond acceptors (Lipinski definition) is 5. The zero-order chi connectivity index (χ0) is 19.7. The molecule has 28 heavy (non-hydrogen) atoms. The first-order valence-corrected chi connectivity index (χ1v) is 10.4. The van der Waals surface area contributed by atoms with Gasteiger partial charge >= 0.3 is 5.97 Å². The standard InChI is InChI=1S/C23H23NO3S/c1-14-11-12-19(28-14)22-20(23(26)27-13-16-7-4-3-5-8-16)15(2)24-17-9-6-10-18(25)21(17)22/h3-5,7-8,11-12,22,24H,6,9-10,13H2,1-2H3/t22-/m1/s1. The summed E-state index contributed by atoms with van der Waals surface area (Å²) < 4.78 is 5.65. The van der Waals surface area contributed by atoms with Gasteiger partial charge in [0.15, 0.2) is 5.78 Å². The van der Waals surface area contributed by atoms with Crippen LogP contribution < -0.4 is 5.32 Å². The van der Waals surface area contributed by atoms with Crippen LogP contribution in [0.4, 0.5) is 0 Å². The Hall–Kier alpha value is -2.66. The van der Waals surface area contributed by atoms with Crippen LogP contribution in [0.1, 0.15) is 47.4 Å². The molecule has 0 saturated carbocycles. The van der Waals surface area contributed by atoms with E-state index in [9.17, 15) is 9.59 Å². The number of rotatable bonds is 4. The molecule has 2 heterocycles. The van der Waals surface area contributed by atoms with Crippen LogP contribution in [0, 0.1) is 6.92 Å². The first-order valence-electron chi connectivity index (χ1n) is 9.56. The molecule has 1 aromatic heterocycles. The highest BCUT2D eigenvalue weighted by molar-refractivity contribution is 7.12. The molecule has 0 fully saturated rings. The molecule has 0 saturated heterocycles. The van der Waals surface area contributed by atoms with Crippen molar-refractivity contribution >= 4 is 23.1 Å². The van der Waals surface area contributed by atoms with Gasteiger partial charge in [-0.1, -0.05) is 30.3 Å². The number of esters is 1. The molecule has 0 bridgehead atoms. The average Bonchev–Trinajstić information content (AvgIpc) is 3.12. The van der Waals surface area contributed by atoms with Gasteiger partial charge < -0.3 is 10.1 Å². The molecule has 1 N–H and O–H groups in total. The Bertz CT molecular complexity index is 984. The number of allylic oxidation sites excluding steroid dienone is 3. The molecule has 0 radical (unpaired) electrons. The number of nitrogens with one attached hydrogen (secondary N) is 1. The SMILES string of the molecule is CC1=C(C(=O)OCc2ccccc2)[C@@H](c2ccc(C)s2)C2=C(CCCC2=O)N1. The number of dihydropyridines is 1. The fourth-order valence-electron chi connectivity index (χ4n) is 3.95. The summed E-state index contributed by atoms with van der Waals surface area (Å²) in [6.07, 6.45) is 2.22. The smallest absolute Gasteiger partial charge is 0.337 e. The lowest BCUT2D eigenvalue weighted by atomic mass is 9.78. The molecular weight excluding hydrogens is 370 g/mol. The Morgan fingerprint density at radius 3 is 2.64 bits per heavy atom. The van der Waals surface area contributed by atoms with Gasteiger partial charge in [-0.05, 0) is 44.4 Å². The van der Waals surface area contributed by atoms with Crippen LogP contribution in [0.2, 0.25) is 0 Å². The summed E-state index contributed by atoms with van der Waals surface area (Å²) in [4.78, 5) is 28.1. The predicted molar refractivity (Wildman–Crippen MR) is 110 cm³/mol. The van der Waals surface area contributed by atoms with E-state index < -0.39 is 0 Å². The van der Waals surface area contributed by atoms with Crippen LogP contribution in [-0.4, -0.2) is 11.8 Å². The van der Waals surface area contributed by atoms with Crippen LogP contribution in [0.25, 0.3) is 0 Å². The molecule has 2 aromatic rings. The average molecular weight is 394 g/mol. The molecule has 0 spiro atoms. The molecule has 1 aromatic carbocycles. The predicted octanol–water partition coefficient (Wildman–Crippen LogP) is 4.77. The molecular formula is C23H23NO3S. The van der Waals surface area contributed by atoms with Gasteiger partial charge in [-0.2, -0.15) is 0 Å². The number of ether oxygens (including phenoxy) is 1. The van der Waals surface area contributed by atoms with Crippen LogP contribution in [0.5, 0.6) is 0 Å². The van der Waals surface area contributed by atoms with Gasteiger partial charge in [0.2, 0.25) is 0 Å². The van der Waals surface area contributed by atoms with Gasteiger partial charge in [0.05, 0.1) is 11.5 Å². The van der Waals surface area contributed by atoms with Crippen LogP contribution in [0.3, 0.4) is 0 Å². The fourth-order valence-corrected chi connectivity index (χ4v) is 4.95. The summed E-state index contributed by atoms with van der Waals surface area (Å²) in [6, 6.07) is 13.7. The van der Waals surface area contributed by atoms with E-state index in [1.807, 2.05) is 56.3 Å². The van der Waals surface area contributed by atoms with Gasteiger partial charge in [0, 0.05) is 33.1 Å². The van der Waals surface area contributed by atoms with Crippen molar-refractivity contribution in [2.75, 3.05) is 0 Å². The third-order valence-corrected chi connectivity index (χ3v) is 6.32. The van der Waals surface area contributed by atoms with E-state index in [-0.39, 0.29) is 24.3 Å². The number of Topliss-reactive ketones (excluding diaryl/α,β-unsaturated/α-hetero) is 1. The second kappa shape index (κ2) is 7.76. The minimum absolute atomic E-state index is 0.130. The normalized spacial score (nSPS) is 19.4. The first kappa shape index (κ1) is 18.7. The van der Waals surface area contributed by atoms with E-state index in [0.29, 0.717) is 12.0 Å². The number of carbonyl (C=O) groups excluding carboxylic acids is 2. The zero-order valence-corrected chi connectivity index (χ0v) is 16.9. The molecule has 2 aliphatic rings. The molecule has 1 aliphatic heterocycles. The van der Waals surface area contributed by atoms with Gasteiger partial charge in [-0.25, -0.2) is 4.79 Å². The summed E-state index contributed by atoms with van der Waals surface area (Å²) >= 11 is 1.63. The van der Waals surface area contributed by atoms with E-state index in [1.54, 1.807) is 11.3 Å². The summed E-state index contributed by atoms with van der Waals surface area (Å²) in [5.74, 6) is -0.577. The topological polar surface area (TPSA) is 55.4 Å². The van der Waals surface area contributed by atoms with Crippen LogP contribution in [-0.2, 0) is 20.9 Å². The maximum atomic E-state index is 13.1.